The Hall–Kier alpha value is -2.50. The molecule has 0 bridgehead atoms. The Bertz CT molecular complexity index is 561. The lowest BCUT2D eigenvalue weighted by Crippen LogP contribution is -2.01. The molecule has 0 aliphatic heterocycles. The zero-order chi connectivity index (χ0) is 13.0. The number of nitrogens with one attached hydrogen (secondary N) is 1. The zero-order valence-electron chi connectivity index (χ0n) is 9.34. The minimum absolute atomic E-state index is 0.477. The van der Waals surface area contributed by atoms with Gasteiger partial charge in [0.2, 0.25) is 5.82 Å². The number of hydrogen-bond acceptors (Lipinski definition) is 4. The number of pyridine rings is 1. The van der Waals surface area contributed by atoms with Crippen molar-refractivity contribution in [1.82, 2.24) is 4.98 Å². The molecule has 0 aliphatic carbocycles. The number of benzene rings is 1. The van der Waals surface area contributed by atoms with Crippen LogP contribution in [0.15, 0.2) is 42.7 Å². The molecule has 18 heavy (non-hydrogen) atoms. The van der Waals surface area contributed by atoms with E-state index < -0.39 is 16.4 Å². The summed E-state index contributed by atoms with van der Waals surface area (Å²) in [4.78, 5) is 13.6. The first kappa shape index (κ1) is 12.0. The second-order valence-electron chi connectivity index (χ2n) is 3.64. The van der Waals surface area contributed by atoms with Crippen LogP contribution in [0.2, 0.25) is 0 Å². The Labute approximate surface area is 102 Å². The molecule has 0 radical (unpaired) electrons. The van der Waals surface area contributed by atoms with Crippen LogP contribution in [0.5, 0.6) is 0 Å². The van der Waals surface area contributed by atoms with E-state index in [4.69, 9.17) is 0 Å². The molecular formula is C12H10FN3O2. The summed E-state index contributed by atoms with van der Waals surface area (Å²) < 4.78 is 13.3. The lowest BCUT2D eigenvalue weighted by atomic mass is 10.2. The van der Waals surface area contributed by atoms with E-state index >= 15 is 0 Å². The molecule has 1 heterocycles. The van der Waals surface area contributed by atoms with Crippen LogP contribution in [-0.4, -0.2) is 9.91 Å². The van der Waals surface area contributed by atoms with Gasteiger partial charge in [0.25, 0.3) is 0 Å². The maximum atomic E-state index is 13.3. The summed E-state index contributed by atoms with van der Waals surface area (Å²) in [5.74, 6) is -0.851. The molecule has 2 aromatic rings. The largest absolute Gasteiger partial charge is 0.381 e. The average Bonchev–Trinajstić information content (AvgIpc) is 2.37. The first-order valence-corrected chi connectivity index (χ1v) is 5.23. The summed E-state index contributed by atoms with van der Waals surface area (Å²) in [5, 5.41) is 13.4. The predicted molar refractivity (Wildman–Crippen MR) is 64.6 cm³/mol. The Kier molecular flexibility index (Phi) is 3.47. The number of nitrogens with zero attached hydrogens (tertiary/aromatic N) is 2. The van der Waals surface area contributed by atoms with Gasteiger partial charge >= 0.3 is 5.69 Å². The second-order valence-corrected chi connectivity index (χ2v) is 3.64. The van der Waals surface area contributed by atoms with Crippen molar-refractivity contribution in [2.24, 2.45) is 0 Å². The van der Waals surface area contributed by atoms with Crippen LogP contribution in [0.3, 0.4) is 0 Å². The zero-order valence-corrected chi connectivity index (χ0v) is 9.34. The van der Waals surface area contributed by atoms with Crippen molar-refractivity contribution >= 4 is 11.4 Å². The molecule has 0 unspecified atom stereocenters. The molecule has 0 saturated heterocycles. The minimum atomic E-state index is -0.851. The number of rotatable bonds is 4. The van der Waals surface area contributed by atoms with E-state index in [0.29, 0.717) is 12.2 Å². The third-order valence-electron chi connectivity index (χ3n) is 2.36. The van der Waals surface area contributed by atoms with E-state index in [0.717, 1.165) is 17.7 Å². The SMILES string of the molecule is O=[N+]([O-])c1ccc(NCc2cccnc2)cc1F. The van der Waals surface area contributed by atoms with E-state index in [2.05, 4.69) is 10.3 Å². The number of nitro benzene ring substituents is 1. The van der Waals surface area contributed by atoms with Crippen LogP contribution in [0.25, 0.3) is 0 Å². The van der Waals surface area contributed by atoms with Gasteiger partial charge in [0.05, 0.1) is 4.92 Å². The standard InChI is InChI=1S/C12H10FN3O2/c13-11-6-10(3-4-12(11)16(17)18)15-8-9-2-1-5-14-7-9/h1-7,15H,8H2. The summed E-state index contributed by atoms with van der Waals surface area (Å²) >= 11 is 0. The third kappa shape index (κ3) is 2.79. The Balaban J connectivity index is 2.07. The third-order valence-corrected chi connectivity index (χ3v) is 2.36. The maximum absolute atomic E-state index is 13.3. The molecule has 5 nitrogen and oxygen atoms in total. The Morgan fingerprint density at radius 3 is 2.83 bits per heavy atom. The Morgan fingerprint density at radius 1 is 1.39 bits per heavy atom. The quantitative estimate of drug-likeness (QED) is 0.666. The highest BCUT2D eigenvalue weighted by Gasteiger charge is 2.13. The monoisotopic (exact) mass is 247 g/mol. The van der Waals surface area contributed by atoms with E-state index in [1.807, 2.05) is 6.07 Å². The lowest BCUT2D eigenvalue weighted by Gasteiger charge is -2.06. The summed E-state index contributed by atoms with van der Waals surface area (Å²) in [6.45, 7) is 0.477. The van der Waals surface area contributed by atoms with Crippen LogP contribution >= 0.6 is 0 Å². The van der Waals surface area contributed by atoms with Gasteiger partial charge in [-0.2, -0.15) is 4.39 Å². The highest BCUT2D eigenvalue weighted by molar-refractivity contribution is 5.49. The van der Waals surface area contributed by atoms with Gasteiger partial charge in [-0.05, 0) is 17.7 Å². The molecule has 0 spiro atoms. The first-order valence-electron chi connectivity index (χ1n) is 5.23. The molecule has 0 amide bonds. The number of hydrogen-bond donors (Lipinski definition) is 1. The molecule has 0 aliphatic rings. The minimum Gasteiger partial charge on any atom is -0.381 e. The first-order chi connectivity index (χ1) is 8.66. The fraction of sp³-hybridized carbons (Fsp3) is 0.0833. The van der Waals surface area contributed by atoms with E-state index in [1.54, 1.807) is 18.5 Å². The van der Waals surface area contributed by atoms with Gasteiger partial charge in [-0.3, -0.25) is 15.1 Å². The van der Waals surface area contributed by atoms with Gasteiger partial charge in [-0.15, -0.1) is 0 Å². The van der Waals surface area contributed by atoms with Crippen molar-refractivity contribution in [2.75, 3.05) is 5.32 Å². The molecule has 1 aromatic heterocycles. The number of aromatic nitrogens is 1. The molecule has 1 aromatic carbocycles. The van der Waals surface area contributed by atoms with Gasteiger partial charge in [-0.1, -0.05) is 6.07 Å². The average molecular weight is 247 g/mol. The number of halogens is 1. The molecule has 1 N–H and O–H groups in total. The van der Waals surface area contributed by atoms with E-state index in [-0.39, 0.29) is 0 Å². The maximum Gasteiger partial charge on any atom is 0.304 e. The normalized spacial score (nSPS) is 10.1. The summed E-state index contributed by atoms with van der Waals surface area (Å²) in [6, 6.07) is 7.39. The summed E-state index contributed by atoms with van der Waals surface area (Å²) in [6.07, 6.45) is 3.35. The van der Waals surface area contributed by atoms with Crippen molar-refractivity contribution in [3.05, 3.63) is 64.2 Å². The lowest BCUT2D eigenvalue weighted by molar-refractivity contribution is -0.387. The Morgan fingerprint density at radius 2 is 2.22 bits per heavy atom. The molecular weight excluding hydrogens is 237 g/mol. The molecule has 2 rings (SSSR count). The highest BCUT2D eigenvalue weighted by atomic mass is 19.1. The van der Waals surface area contributed by atoms with Crippen LogP contribution in [-0.2, 0) is 6.54 Å². The summed E-state index contributed by atoms with van der Waals surface area (Å²) in [5.41, 5.74) is 0.903. The fourth-order valence-electron chi connectivity index (χ4n) is 1.47. The van der Waals surface area contributed by atoms with Gasteiger partial charge < -0.3 is 5.32 Å². The van der Waals surface area contributed by atoms with Crippen LogP contribution in [0, 0.1) is 15.9 Å². The van der Waals surface area contributed by atoms with Crippen molar-refractivity contribution in [3.63, 3.8) is 0 Å². The summed E-state index contributed by atoms with van der Waals surface area (Å²) in [7, 11) is 0. The van der Waals surface area contributed by atoms with Crippen molar-refractivity contribution in [1.29, 1.82) is 0 Å². The molecule has 0 atom stereocenters. The smallest absolute Gasteiger partial charge is 0.304 e. The fourth-order valence-corrected chi connectivity index (χ4v) is 1.47. The van der Waals surface area contributed by atoms with Crippen molar-refractivity contribution < 1.29 is 9.31 Å². The van der Waals surface area contributed by atoms with E-state index in [1.165, 1.54) is 6.07 Å². The van der Waals surface area contributed by atoms with Gasteiger partial charge in [0.15, 0.2) is 0 Å². The van der Waals surface area contributed by atoms with Gasteiger partial charge in [0, 0.05) is 36.8 Å². The van der Waals surface area contributed by atoms with Crippen molar-refractivity contribution in [2.45, 2.75) is 6.54 Å². The predicted octanol–water partition coefficient (Wildman–Crippen LogP) is 2.74. The van der Waals surface area contributed by atoms with Crippen LogP contribution < -0.4 is 5.32 Å². The molecule has 0 fully saturated rings. The second kappa shape index (κ2) is 5.22. The molecule has 92 valence electrons. The number of anilines is 1. The van der Waals surface area contributed by atoms with E-state index in [9.17, 15) is 14.5 Å². The van der Waals surface area contributed by atoms with Gasteiger partial charge in [-0.25, -0.2) is 0 Å². The topological polar surface area (TPSA) is 68.1 Å². The van der Waals surface area contributed by atoms with Crippen LogP contribution in [0.4, 0.5) is 15.8 Å². The highest BCUT2D eigenvalue weighted by Crippen LogP contribution is 2.21. The molecule has 6 heteroatoms. The number of nitro groups is 1. The van der Waals surface area contributed by atoms with Crippen molar-refractivity contribution in [3.8, 4) is 0 Å². The van der Waals surface area contributed by atoms with Crippen LogP contribution in [0.1, 0.15) is 5.56 Å². The molecule has 0 saturated carbocycles. The van der Waals surface area contributed by atoms with Gasteiger partial charge in [0.1, 0.15) is 0 Å².